The van der Waals surface area contributed by atoms with Crippen LogP contribution in [0.15, 0.2) is 24.3 Å². The maximum Gasteiger partial charge on any atom is 0.260 e. The molecular formula is C27H39N3O4. The van der Waals surface area contributed by atoms with Gasteiger partial charge in [0.2, 0.25) is 5.91 Å². The minimum absolute atomic E-state index is 0.0166. The highest BCUT2D eigenvalue weighted by Gasteiger charge is 2.29. The average molecular weight is 470 g/mol. The van der Waals surface area contributed by atoms with Gasteiger partial charge in [0, 0.05) is 50.2 Å². The zero-order valence-electron chi connectivity index (χ0n) is 20.7. The first-order valence-corrected chi connectivity index (χ1v) is 13.0. The molecular weight excluding hydrogens is 430 g/mol. The first kappa shape index (κ1) is 24.6. The summed E-state index contributed by atoms with van der Waals surface area (Å²) in [5.74, 6) is 1.28. The maximum absolute atomic E-state index is 12.9. The third-order valence-electron chi connectivity index (χ3n) is 7.77. The molecule has 3 amide bonds. The lowest BCUT2D eigenvalue weighted by atomic mass is 9.92. The Hall–Kier alpha value is -2.57. The topological polar surface area (TPSA) is 70.2 Å². The Morgan fingerprint density at radius 3 is 2.03 bits per heavy atom. The summed E-state index contributed by atoms with van der Waals surface area (Å²) in [6.07, 6.45) is 7.85. The molecule has 7 heteroatoms. The smallest absolute Gasteiger partial charge is 0.260 e. The molecule has 4 rings (SSSR count). The number of carbonyl (C=O) groups is 3. The minimum Gasteiger partial charge on any atom is -0.484 e. The van der Waals surface area contributed by atoms with Crippen LogP contribution in [-0.4, -0.2) is 77.3 Å². The minimum atomic E-state index is 0.0166. The zero-order valence-corrected chi connectivity index (χ0v) is 20.7. The lowest BCUT2D eigenvalue weighted by Crippen LogP contribution is -2.49. The Kier molecular flexibility index (Phi) is 8.11. The van der Waals surface area contributed by atoms with Gasteiger partial charge in [0.05, 0.1) is 0 Å². The molecule has 3 aliphatic heterocycles. The number of hydrogen-bond donors (Lipinski definition) is 0. The van der Waals surface area contributed by atoms with Crippen LogP contribution in [-0.2, 0) is 9.59 Å². The second-order valence-electron chi connectivity index (χ2n) is 10.3. The van der Waals surface area contributed by atoms with Crippen molar-refractivity contribution in [1.29, 1.82) is 0 Å². The largest absolute Gasteiger partial charge is 0.484 e. The molecule has 1 aromatic rings. The summed E-state index contributed by atoms with van der Waals surface area (Å²) in [6.45, 7) is 7.41. The lowest BCUT2D eigenvalue weighted by Gasteiger charge is -2.38. The van der Waals surface area contributed by atoms with Crippen LogP contribution in [0.25, 0.3) is 0 Å². The SMILES string of the molecule is CC1CCCC(C)N1C(=O)COc1ccc(C(=O)N2CCC(CC(=O)N3CCCC3)CC2)cc1. The molecule has 2 atom stereocenters. The van der Waals surface area contributed by atoms with Gasteiger partial charge in [-0.1, -0.05) is 0 Å². The monoisotopic (exact) mass is 469 g/mol. The van der Waals surface area contributed by atoms with Crippen LogP contribution < -0.4 is 4.74 Å². The van der Waals surface area contributed by atoms with Gasteiger partial charge in [-0.2, -0.15) is 0 Å². The lowest BCUT2D eigenvalue weighted by molar-refractivity contribution is -0.139. The Morgan fingerprint density at radius 2 is 1.41 bits per heavy atom. The van der Waals surface area contributed by atoms with Crippen LogP contribution in [0.4, 0.5) is 0 Å². The molecule has 186 valence electrons. The molecule has 0 aromatic heterocycles. The molecule has 3 heterocycles. The van der Waals surface area contributed by atoms with E-state index in [1.807, 2.05) is 14.7 Å². The molecule has 3 saturated heterocycles. The predicted octanol–water partition coefficient (Wildman–Crippen LogP) is 3.72. The van der Waals surface area contributed by atoms with E-state index in [9.17, 15) is 14.4 Å². The summed E-state index contributed by atoms with van der Waals surface area (Å²) in [6, 6.07) is 7.59. The van der Waals surface area contributed by atoms with Gasteiger partial charge in [0.25, 0.3) is 11.8 Å². The molecule has 3 aliphatic rings. The van der Waals surface area contributed by atoms with Gasteiger partial charge < -0.3 is 19.4 Å². The van der Waals surface area contributed by atoms with E-state index in [4.69, 9.17) is 4.74 Å². The molecule has 34 heavy (non-hydrogen) atoms. The molecule has 0 N–H and O–H groups in total. The van der Waals surface area contributed by atoms with E-state index in [-0.39, 0.29) is 36.4 Å². The second kappa shape index (κ2) is 11.2. The number of carbonyl (C=O) groups excluding carboxylic acids is 3. The molecule has 1 aromatic carbocycles. The van der Waals surface area contributed by atoms with Crippen LogP contribution in [0, 0.1) is 5.92 Å². The Bertz CT molecular complexity index is 847. The fraction of sp³-hybridized carbons (Fsp3) is 0.667. The van der Waals surface area contributed by atoms with Gasteiger partial charge in [-0.05, 0) is 89.0 Å². The van der Waals surface area contributed by atoms with Gasteiger partial charge in [0.1, 0.15) is 5.75 Å². The predicted molar refractivity (Wildman–Crippen MR) is 131 cm³/mol. The Morgan fingerprint density at radius 1 is 0.794 bits per heavy atom. The quantitative estimate of drug-likeness (QED) is 0.637. The van der Waals surface area contributed by atoms with E-state index in [1.54, 1.807) is 24.3 Å². The number of amides is 3. The molecule has 7 nitrogen and oxygen atoms in total. The molecule has 0 aliphatic carbocycles. The highest BCUT2D eigenvalue weighted by molar-refractivity contribution is 5.94. The fourth-order valence-electron chi connectivity index (χ4n) is 5.69. The van der Waals surface area contributed by atoms with Gasteiger partial charge in [0.15, 0.2) is 6.61 Å². The molecule has 0 spiro atoms. The highest BCUT2D eigenvalue weighted by atomic mass is 16.5. The summed E-state index contributed by atoms with van der Waals surface area (Å²) in [7, 11) is 0. The highest BCUT2D eigenvalue weighted by Crippen LogP contribution is 2.25. The first-order chi connectivity index (χ1) is 16.4. The third-order valence-corrected chi connectivity index (χ3v) is 7.77. The molecule has 2 unspecified atom stereocenters. The Labute approximate surface area is 203 Å². The first-order valence-electron chi connectivity index (χ1n) is 13.0. The second-order valence-corrected chi connectivity index (χ2v) is 10.3. The van der Waals surface area contributed by atoms with Crippen molar-refractivity contribution in [2.24, 2.45) is 5.92 Å². The number of likely N-dealkylation sites (tertiary alicyclic amines) is 3. The molecule has 3 fully saturated rings. The number of piperidine rings is 2. The summed E-state index contributed by atoms with van der Waals surface area (Å²) < 4.78 is 5.74. The van der Waals surface area contributed by atoms with Crippen molar-refractivity contribution in [1.82, 2.24) is 14.7 Å². The summed E-state index contributed by atoms with van der Waals surface area (Å²) >= 11 is 0. The summed E-state index contributed by atoms with van der Waals surface area (Å²) in [4.78, 5) is 43.8. The maximum atomic E-state index is 12.9. The third kappa shape index (κ3) is 5.91. The van der Waals surface area contributed by atoms with E-state index in [0.29, 0.717) is 36.7 Å². The normalized spacial score (nSPS) is 23.8. The van der Waals surface area contributed by atoms with E-state index < -0.39 is 0 Å². The summed E-state index contributed by atoms with van der Waals surface area (Å²) in [5.41, 5.74) is 0.628. The van der Waals surface area contributed by atoms with E-state index in [2.05, 4.69) is 13.8 Å². The van der Waals surface area contributed by atoms with Gasteiger partial charge in [-0.3, -0.25) is 14.4 Å². The molecule has 0 radical (unpaired) electrons. The van der Waals surface area contributed by atoms with Crippen LogP contribution in [0.5, 0.6) is 5.75 Å². The standard InChI is InChI=1S/C27H39N3O4/c1-20-6-5-7-21(2)30(20)26(32)19-34-24-10-8-23(9-11-24)27(33)29-16-12-22(13-17-29)18-25(31)28-14-3-4-15-28/h8-11,20-22H,3-7,12-19H2,1-2H3. The van der Waals surface area contributed by atoms with Crippen molar-refractivity contribution < 1.29 is 19.1 Å². The van der Waals surface area contributed by atoms with Gasteiger partial charge in [-0.15, -0.1) is 0 Å². The van der Waals surface area contributed by atoms with Crippen molar-refractivity contribution in [2.45, 2.75) is 77.3 Å². The number of ether oxygens (including phenoxy) is 1. The van der Waals surface area contributed by atoms with Gasteiger partial charge >= 0.3 is 0 Å². The Balaban J connectivity index is 1.22. The zero-order chi connectivity index (χ0) is 24.1. The fourth-order valence-corrected chi connectivity index (χ4v) is 5.69. The van der Waals surface area contributed by atoms with Crippen LogP contribution >= 0.6 is 0 Å². The van der Waals surface area contributed by atoms with Crippen molar-refractivity contribution in [3.05, 3.63) is 29.8 Å². The number of rotatable bonds is 6. The van der Waals surface area contributed by atoms with Crippen molar-refractivity contribution >= 4 is 17.7 Å². The number of benzene rings is 1. The van der Waals surface area contributed by atoms with Crippen molar-refractivity contribution in [2.75, 3.05) is 32.8 Å². The summed E-state index contributed by atoms with van der Waals surface area (Å²) in [5, 5.41) is 0. The average Bonchev–Trinajstić information content (AvgIpc) is 3.38. The number of hydrogen-bond acceptors (Lipinski definition) is 4. The van der Waals surface area contributed by atoms with E-state index in [0.717, 1.165) is 58.0 Å². The van der Waals surface area contributed by atoms with E-state index in [1.165, 1.54) is 0 Å². The molecule has 0 saturated carbocycles. The number of nitrogens with zero attached hydrogens (tertiary/aromatic N) is 3. The van der Waals surface area contributed by atoms with Gasteiger partial charge in [-0.25, -0.2) is 0 Å². The van der Waals surface area contributed by atoms with E-state index >= 15 is 0 Å². The van der Waals surface area contributed by atoms with Crippen LogP contribution in [0.3, 0.4) is 0 Å². The van der Waals surface area contributed by atoms with Crippen LogP contribution in [0.2, 0.25) is 0 Å². The van der Waals surface area contributed by atoms with Crippen molar-refractivity contribution in [3.63, 3.8) is 0 Å². The van der Waals surface area contributed by atoms with Crippen molar-refractivity contribution in [3.8, 4) is 5.75 Å². The van der Waals surface area contributed by atoms with Crippen LogP contribution in [0.1, 0.15) is 75.6 Å². The molecule has 0 bridgehead atoms.